The van der Waals surface area contributed by atoms with Crippen LogP contribution in [0.15, 0.2) is 59.6 Å². The Hall–Kier alpha value is -3.28. The Bertz CT molecular complexity index is 968. The van der Waals surface area contributed by atoms with Gasteiger partial charge in [0.05, 0.1) is 25.5 Å². The van der Waals surface area contributed by atoms with Crippen LogP contribution in [-0.4, -0.2) is 37.1 Å². The third kappa shape index (κ3) is 13.0. The maximum atomic E-state index is 11.3. The lowest BCUT2D eigenvalue weighted by Gasteiger charge is -2.08. The molecular formula is C31H43NO5. The molecule has 0 radical (unpaired) electrons. The second-order valence-electron chi connectivity index (χ2n) is 9.27. The summed E-state index contributed by atoms with van der Waals surface area (Å²) in [5.74, 6) is 1.26. The smallest absolute Gasteiger partial charge is 0.333 e. The summed E-state index contributed by atoms with van der Waals surface area (Å²) in [6, 6.07) is 12.9. The maximum absolute atomic E-state index is 11.3. The molecule has 6 heteroatoms. The summed E-state index contributed by atoms with van der Waals surface area (Å²) < 4.78 is 16.6. The minimum Gasteiger partial charge on any atom is -0.507 e. The predicted octanol–water partition coefficient (Wildman–Crippen LogP) is 7.94. The molecule has 0 saturated heterocycles. The molecule has 6 nitrogen and oxygen atoms in total. The van der Waals surface area contributed by atoms with Crippen LogP contribution in [0, 0.1) is 0 Å². The third-order valence-electron chi connectivity index (χ3n) is 5.85. The molecule has 0 fully saturated rings. The molecule has 0 bridgehead atoms. The van der Waals surface area contributed by atoms with Crippen molar-refractivity contribution in [1.82, 2.24) is 0 Å². The predicted molar refractivity (Wildman–Crippen MR) is 150 cm³/mol. The molecule has 0 saturated carbocycles. The van der Waals surface area contributed by atoms with Crippen LogP contribution in [0.2, 0.25) is 0 Å². The van der Waals surface area contributed by atoms with Crippen molar-refractivity contribution < 1.29 is 24.1 Å². The number of ether oxygens (including phenoxy) is 3. The zero-order valence-corrected chi connectivity index (χ0v) is 22.5. The van der Waals surface area contributed by atoms with Gasteiger partial charge in [0, 0.05) is 23.4 Å². The monoisotopic (exact) mass is 509 g/mol. The number of hydrogen-bond donors (Lipinski definition) is 1. The number of hydrogen-bond acceptors (Lipinski definition) is 6. The molecule has 2 aromatic carbocycles. The average molecular weight is 510 g/mol. The molecule has 0 spiro atoms. The molecular weight excluding hydrogens is 466 g/mol. The largest absolute Gasteiger partial charge is 0.507 e. The van der Waals surface area contributed by atoms with Gasteiger partial charge in [-0.3, -0.25) is 4.99 Å². The summed E-state index contributed by atoms with van der Waals surface area (Å²) in [6.07, 6.45) is 12.8. The number of carbonyl (C=O) groups is 1. The summed E-state index contributed by atoms with van der Waals surface area (Å²) >= 11 is 0. The maximum Gasteiger partial charge on any atom is 0.333 e. The number of carbonyl (C=O) groups excluding carboxylic acids is 1. The SMILES string of the molecule is C=C(C)C(=O)OCCCCCCOc1ccc(C=Nc2ccc(OCCCCCCCC)cc2)c(O)c1. The fourth-order valence-corrected chi connectivity index (χ4v) is 3.60. The molecule has 1 N–H and O–H groups in total. The Morgan fingerprint density at radius 3 is 2.03 bits per heavy atom. The van der Waals surface area contributed by atoms with Gasteiger partial charge in [0.2, 0.25) is 0 Å². The molecule has 0 atom stereocenters. The van der Waals surface area contributed by atoms with Crippen molar-refractivity contribution in [2.45, 2.75) is 78.1 Å². The highest BCUT2D eigenvalue weighted by molar-refractivity contribution is 5.87. The normalized spacial score (nSPS) is 11.0. The van der Waals surface area contributed by atoms with E-state index < -0.39 is 0 Å². The molecule has 2 aromatic rings. The molecule has 37 heavy (non-hydrogen) atoms. The fourth-order valence-electron chi connectivity index (χ4n) is 3.60. The van der Waals surface area contributed by atoms with E-state index in [2.05, 4.69) is 18.5 Å². The summed E-state index contributed by atoms with van der Waals surface area (Å²) in [4.78, 5) is 15.8. The number of benzene rings is 2. The van der Waals surface area contributed by atoms with Gasteiger partial charge in [-0.05, 0) is 75.4 Å². The van der Waals surface area contributed by atoms with Gasteiger partial charge in [0.25, 0.3) is 0 Å². The Kier molecular flexibility index (Phi) is 14.6. The number of phenols is 1. The molecule has 0 amide bonds. The number of nitrogens with zero attached hydrogens (tertiary/aromatic N) is 1. The number of phenolic OH excluding ortho intramolecular Hbond substituents is 1. The number of aliphatic imine (C=N–C) groups is 1. The van der Waals surface area contributed by atoms with Gasteiger partial charge in [-0.1, -0.05) is 45.6 Å². The molecule has 0 aromatic heterocycles. The van der Waals surface area contributed by atoms with Gasteiger partial charge in [-0.2, -0.15) is 0 Å². The first-order valence-corrected chi connectivity index (χ1v) is 13.5. The van der Waals surface area contributed by atoms with Crippen LogP contribution in [0.3, 0.4) is 0 Å². The number of rotatable bonds is 19. The van der Waals surface area contributed by atoms with Gasteiger partial charge in [0.15, 0.2) is 0 Å². The minimum absolute atomic E-state index is 0.125. The van der Waals surface area contributed by atoms with Crippen LogP contribution in [-0.2, 0) is 9.53 Å². The van der Waals surface area contributed by atoms with Gasteiger partial charge >= 0.3 is 5.97 Å². The Morgan fingerprint density at radius 2 is 1.41 bits per heavy atom. The highest BCUT2D eigenvalue weighted by Crippen LogP contribution is 2.24. The summed E-state index contributed by atoms with van der Waals surface area (Å²) in [5, 5.41) is 10.3. The van der Waals surface area contributed by atoms with Gasteiger partial charge in [-0.25, -0.2) is 4.79 Å². The van der Waals surface area contributed by atoms with Gasteiger partial charge in [0.1, 0.15) is 17.2 Å². The Morgan fingerprint density at radius 1 is 0.838 bits per heavy atom. The van der Waals surface area contributed by atoms with E-state index in [0.29, 0.717) is 30.1 Å². The zero-order valence-electron chi connectivity index (χ0n) is 22.5. The molecule has 2 rings (SSSR count). The standard InChI is InChI=1S/C31H43NO5/c1-4-5-6-7-8-11-20-35-28-18-15-27(16-19-28)32-24-26-14-17-29(23-30(26)33)36-21-12-9-10-13-22-37-31(34)25(2)3/h14-19,23-24,33H,2,4-13,20-22H2,1,3H3. The molecule has 202 valence electrons. The molecule has 0 aliphatic carbocycles. The van der Waals surface area contributed by atoms with Gasteiger partial charge < -0.3 is 19.3 Å². The first-order chi connectivity index (χ1) is 18.0. The van der Waals surface area contributed by atoms with Crippen molar-refractivity contribution in [3.8, 4) is 17.2 Å². The van der Waals surface area contributed by atoms with Crippen LogP contribution in [0.5, 0.6) is 17.2 Å². The summed E-state index contributed by atoms with van der Waals surface area (Å²) in [5.41, 5.74) is 1.84. The number of esters is 1. The quantitative estimate of drug-likeness (QED) is 0.0900. The minimum atomic E-state index is -0.335. The lowest BCUT2D eigenvalue weighted by molar-refractivity contribution is -0.139. The van der Waals surface area contributed by atoms with Gasteiger partial charge in [-0.15, -0.1) is 0 Å². The van der Waals surface area contributed by atoms with Crippen LogP contribution in [0.1, 0.15) is 83.6 Å². The first-order valence-electron chi connectivity index (χ1n) is 13.5. The van der Waals surface area contributed by atoms with Crippen LogP contribution < -0.4 is 9.47 Å². The lowest BCUT2D eigenvalue weighted by atomic mass is 10.1. The van der Waals surface area contributed by atoms with Crippen molar-refractivity contribution in [3.05, 3.63) is 60.2 Å². The molecule has 0 heterocycles. The zero-order chi connectivity index (χ0) is 26.7. The lowest BCUT2D eigenvalue weighted by Crippen LogP contribution is -2.06. The van der Waals surface area contributed by atoms with E-state index >= 15 is 0 Å². The summed E-state index contributed by atoms with van der Waals surface area (Å²) in [7, 11) is 0. The van der Waals surface area contributed by atoms with E-state index in [1.807, 2.05) is 30.3 Å². The van der Waals surface area contributed by atoms with E-state index in [4.69, 9.17) is 14.2 Å². The summed E-state index contributed by atoms with van der Waals surface area (Å²) in [6.45, 7) is 9.15. The van der Waals surface area contributed by atoms with Crippen molar-refractivity contribution in [3.63, 3.8) is 0 Å². The number of unbranched alkanes of at least 4 members (excludes halogenated alkanes) is 8. The Labute approximate surface area is 222 Å². The topological polar surface area (TPSA) is 77.4 Å². The second kappa shape index (κ2) is 18.0. The van der Waals surface area contributed by atoms with E-state index in [9.17, 15) is 9.90 Å². The van der Waals surface area contributed by atoms with E-state index in [1.165, 1.54) is 32.1 Å². The van der Waals surface area contributed by atoms with Crippen molar-refractivity contribution >= 4 is 17.9 Å². The van der Waals surface area contributed by atoms with E-state index in [0.717, 1.165) is 50.1 Å². The highest BCUT2D eigenvalue weighted by atomic mass is 16.5. The van der Waals surface area contributed by atoms with Crippen molar-refractivity contribution in [2.75, 3.05) is 19.8 Å². The van der Waals surface area contributed by atoms with Crippen molar-refractivity contribution in [1.29, 1.82) is 0 Å². The number of aromatic hydroxyl groups is 1. The Balaban J connectivity index is 1.65. The van der Waals surface area contributed by atoms with Crippen LogP contribution >= 0.6 is 0 Å². The third-order valence-corrected chi connectivity index (χ3v) is 5.85. The van der Waals surface area contributed by atoms with E-state index in [1.54, 1.807) is 25.3 Å². The molecule has 0 aliphatic heterocycles. The fraction of sp³-hybridized carbons (Fsp3) is 0.484. The first kappa shape index (κ1) is 29.9. The van der Waals surface area contributed by atoms with Crippen LogP contribution in [0.4, 0.5) is 5.69 Å². The van der Waals surface area contributed by atoms with Crippen LogP contribution in [0.25, 0.3) is 0 Å². The highest BCUT2D eigenvalue weighted by Gasteiger charge is 2.04. The molecule has 0 unspecified atom stereocenters. The van der Waals surface area contributed by atoms with Crippen molar-refractivity contribution in [2.24, 2.45) is 4.99 Å². The van der Waals surface area contributed by atoms with E-state index in [-0.39, 0.29) is 11.7 Å². The molecule has 0 aliphatic rings. The average Bonchev–Trinajstić information content (AvgIpc) is 2.89. The second-order valence-corrected chi connectivity index (χ2v) is 9.27.